The Balaban J connectivity index is 1.47. The highest BCUT2D eigenvalue weighted by Crippen LogP contribution is 2.39. The van der Waals surface area contributed by atoms with Crippen LogP contribution in [0.4, 0.5) is 14.6 Å². The lowest BCUT2D eigenvalue weighted by atomic mass is 9.79. The van der Waals surface area contributed by atoms with Gasteiger partial charge in [-0.05, 0) is 33.1 Å². The molecule has 0 radical (unpaired) electrons. The second-order valence-electron chi connectivity index (χ2n) is 8.30. The molecule has 1 aromatic heterocycles. The summed E-state index contributed by atoms with van der Waals surface area (Å²) in [5.41, 5.74) is 7.73. The number of ether oxygens (including phenoxy) is 1. The number of hydrogen-bond acceptors (Lipinski definition) is 6. The zero-order chi connectivity index (χ0) is 19.0. The van der Waals surface area contributed by atoms with Gasteiger partial charge < -0.3 is 9.64 Å². The van der Waals surface area contributed by atoms with Crippen LogP contribution < -0.4 is 15.8 Å². The van der Waals surface area contributed by atoms with Crippen LogP contribution in [0.15, 0.2) is 12.4 Å². The Morgan fingerprint density at radius 3 is 2.70 bits per heavy atom. The molecule has 0 amide bonds. The molecule has 1 saturated carbocycles. The van der Waals surface area contributed by atoms with Crippen LogP contribution in [0.2, 0.25) is 0 Å². The molecule has 1 aromatic rings. The maximum atomic E-state index is 13.4. The van der Waals surface area contributed by atoms with Gasteiger partial charge in [-0.3, -0.25) is 5.43 Å². The van der Waals surface area contributed by atoms with Crippen molar-refractivity contribution in [3.63, 3.8) is 0 Å². The van der Waals surface area contributed by atoms with Gasteiger partial charge in [0.2, 0.25) is 0 Å². The van der Waals surface area contributed by atoms with E-state index in [9.17, 15) is 8.78 Å². The first-order chi connectivity index (χ1) is 12.9. The summed E-state index contributed by atoms with van der Waals surface area (Å²) in [6.45, 7) is 4.81. The Morgan fingerprint density at radius 2 is 1.96 bits per heavy atom. The van der Waals surface area contributed by atoms with Crippen LogP contribution in [0.25, 0.3) is 0 Å². The predicted octanol–water partition coefficient (Wildman–Crippen LogP) is 2.82. The molecule has 3 aliphatic rings. The third-order valence-corrected chi connectivity index (χ3v) is 5.98. The van der Waals surface area contributed by atoms with Crippen LogP contribution >= 0.6 is 0 Å². The van der Waals surface area contributed by atoms with Gasteiger partial charge in [0.25, 0.3) is 5.92 Å². The summed E-state index contributed by atoms with van der Waals surface area (Å²) < 4.78 is 32.9. The highest BCUT2D eigenvalue weighted by molar-refractivity contribution is 5.40. The molecule has 0 spiro atoms. The number of hydrazine groups is 1. The summed E-state index contributed by atoms with van der Waals surface area (Å²) >= 11 is 0. The number of hydrogen-bond donors (Lipinski definition) is 2. The topological polar surface area (TPSA) is 62.3 Å². The molecule has 0 aromatic carbocycles. The number of nitrogens with zero attached hydrogens (tertiary/aromatic N) is 3. The zero-order valence-electron chi connectivity index (χ0n) is 16.0. The number of rotatable bonds is 4. The van der Waals surface area contributed by atoms with Crippen LogP contribution in [0, 0.1) is 5.92 Å². The highest BCUT2D eigenvalue weighted by atomic mass is 19.3. The van der Waals surface area contributed by atoms with Crippen molar-refractivity contribution in [2.45, 2.75) is 76.2 Å². The van der Waals surface area contributed by atoms with Gasteiger partial charge in [-0.1, -0.05) is 0 Å². The molecule has 1 aliphatic carbocycles. The molecule has 2 N–H and O–H groups in total. The van der Waals surface area contributed by atoms with E-state index >= 15 is 0 Å². The average molecular weight is 381 g/mol. The number of piperidine rings is 1. The minimum atomic E-state index is -2.55. The minimum Gasteiger partial charge on any atom is -0.376 e. The molecule has 4 unspecified atom stereocenters. The number of aromatic nitrogens is 2. The standard InChI is InChI=1S/C19H29F2N5O/c1-12(2)27-13-3-4-15-14(9-13)18(25-24-15)16-10-17(23-11-22-16)26-7-5-19(20,21)6-8-26/h10-15,18,24-25H,3-9H2,1-2H3. The molecule has 2 aliphatic heterocycles. The SMILES string of the molecule is CC(C)OC1CCC2NNC(c3cc(N4CCC(F)(F)CC4)ncn3)C2C1. The Bertz CT molecular complexity index is 649. The Kier molecular flexibility index (Phi) is 5.31. The zero-order valence-corrected chi connectivity index (χ0v) is 16.0. The van der Waals surface area contributed by atoms with Crippen LogP contribution in [0.5, 0.6) is 0 Å². The Labute approximate surface area is 159 Å². The quantitative estimate of drug-likeness (QED) is 0.836. The fourth-order valence-corrected chi connectivity index (χ4v) is 4.59. The smallest absolute Gasteiger partial charge is 0.251 e. The average Bonchev–Trinajstić information content (AvgIpc) is 3.04. The van der Waals surface area contributed by atoms with Crippen LogP contribution in [-0.4, -0.2) is 47.2 Å². The van der Waals surface area contributed by atoms with Gasteiger partial charge in [-0.25, -0.2) is 24.2 Å². The maximum absolute atomic E-state index is 13.4. The fraction of sp³-hybridized carbons (Fsp3) is 0.789. The van der Waals surface area contributed by atoms with Crippen LogP contribution in [0.1, 0.15) is 57.7 Å². The lowest BCUT2D eigenvalue weighted by molar-refractivity contribution is -0.0276. The predicted molar refractivity (Wildman–Crippen MR) is 98.6 cm³/mol. The van der Waals surface area contributed by atoms with Crippen molar-refractivity contribution in [2.75, 3.05) is 18.0 Å². The molecule has 4 rings (SSSR count). The van der Waals surface area contributed by atoms with E-state index in [4.69, 9.17) is 4.74 Å². The first-order valence-corrected chi connectivity index (χ1v) is 10.0. The first kappa shape index (κ1) is 19.0. The minimum absolute atomic E-state index is 0.0848. The summed E-state index contributed by atoms with van der Waals surface area (Å²) in [6, 6.07) is 2.45. The van der Waals surface area contributed by atoms with Crippen LogP contribution in [-0.2, 0) is 4.74 Å². The van der Waals surface area contributed by atoms with E-state index in [1.165, 1.54) is 0 Å². The molecule has 8 heteroatoms. The van der Waals surface area contributed by atoms with E-state index in [-0.39, 0.29) is 31.1 Å². The van der Waals surface area contributed by atoms with Gasteiger partial charge in [0.15, 0.2) is 0 Å². The summed E-state index contributed by atoms with van der Waals surface area (Å²) in [4.78, 5) is 10.8. The largest absolute Gasteiger partial charge is 0.376 e. The normalized spacial score (nSPS) is 33.3. The van der Waals surface area contributed by atoms with Gasteiger partial charge in [0.1, 0.15) is 12.1 Å². The fourth-order valence-electron chi connectivity index (χ4n) is 4.59. The van der Waals surface area contributed by atoms with Crippen molar-refractivity contribution in [3.05, 3.63) is 18.1 Å². The van der Waals surface area contributed by atoms with Gasteiger partial charge >= 0.3 is 0 Å². The Morgan fingerprint density at radius 1 is 1.19 bits per heavy atom. The van der Waals surface area contributed by atoms with Gasteiger partial charge in [-0.15, -0.1) is 0 Å². The van der Waals surface area contributed by atoms with E-state index in [2.05, 4.69) is 34.7 Å². The molecule has 150 valence electrons. The summed E-state index contributed by atoms with van der Waals surface area (Å²) in [5.74, 6) is -1.41. The second-order valence-corrected chi connectivity index (χ2v) is 8.30. The van der Waals surface area contributed by atoms with E-state index in [0.717, 1.165) is 30.8 Å². The molecule has 3 fully saturated rings. The highest BCUT2D eigenvalue weighted by Gasteiger charge is 2.42. The van der Waals surface area contributed by atoms with Crippen molar-refractivity contribution in [3.8, 4) is 0 Å². The summed E-state index contributed by atoms with van der Waals surface area (Å²) in [7, 11) is 0. The van der Waals surface area contributed by atoms with E-state index in [1.807, 2.05) is 11.0 Å². The number of fused-ring (bicyclic) bond motifs is 1. The molecule has 4 atom stereocenters. The molecular formula is C19H29F2N5O. The van der Waals surface area contributed by atoms with Crippen molar-refractivity contribution in [2.24, 2.45) is 5.92 Å². The Hall–Kier alpha value is -1.38. The van der Waals surface area contributed by atoms with Crippen molar-refractivity contribution >= 4 is 5.82 Å². The van der Waals surface area contributed by atoms with Gasteiger partial charge in [0.05, 0.1) is 23.9 Å². The number of anilines is 1. The summed E-state index contributed by atoms with van der Waals surface area (Å²) in [6.07, 6.45) is 4.96. The lowest BCUT2D eigenvalue weighted by Crippen LogP contribution is -2.40. The first-order valence-electron chi connectivity index (χ1n) is 10.0. The van der Waals surface area contributed by atoms with E-state index in [1.54, 1.807) is 6.33 Å². The molecule has 27 heavy (non-hydrogen) atoms. The van der Waals surface area contributed by atoms with Crippen molar-refractivity contribution in [1.29, 1.82) is 0 Å². The molecule has 0 bridgehead atoms. The molecular weight excluding hydrogens is 352 g/mol. The number of halogens is 2. The number of nitrogens with one attached hydrogen (secondary N) is 2. The van der Waals surface area contributed by atoms with Crippen molar-refractivity contribution < 1.29 is 13.5 Å². The third-order valence-electron chi connectivity index (χ3n) is 5.98. The lowest BCUT2D eigenvalue weighted by Gasteiger charge is -2.34. The molecule has 3 heterocycles. The summed E-state index contributed by atoms with van der Waals surface area (Å²) in [5, 5.41) is 0. The van der Waals surface area contributed by atoms with Gasteiger partial charge in [0, 0.05) is 44.0 Å². The van der Waals surface area contributed by atoms with Crippen molar-refractivity contribution in [1.82, 2.24) is 20.8 Å². The van der Waals surface area contributed by atoms with Crippen LogP contribution in [0.3, 0.4) is 0 Å². The molecule has 6 nitrogen and oxygen atoms in total. The number of alkyl halides is 2. The van der Waals surface area contributed by atoms with E-state index < -0.39 is 5.92 Å². The third kappa shape index (κ3) is 4.22. The molecule has 2 saturated heterocycles. The van der Waals surface area contributed by atoms with E-state index in [0.29, 0.717) is 25.0 Å². The second kappa shape index (κ2) is 7.56. The monoisotopic (exact) mass is 381 g/mol. The van der Waals surface area contributed by atoms with Gasteiger partial charge in [-0.2, -0.15) is 0 Å². The maximum Gasteiger partial charge on any atom is 0.251 e.